The second-order valence-electron chi connectivity index (χ2n) is 3.18. The van der Waals surface area contributed by atoms with Crippen LogP contribution < -0.4 is 5.32 Å². The maximum Gasteiger partial charge on any atom is 0.352 e. The SMILES string of the molecule is CC(=O)NC(=Cc1c(Cl)cccc1Cl)C(=O)O. The van der Waals surface area contributed by atoms with Gasteiger partial charge >= 0.3 is 5.97 Å². The zero-order chi connectivity index (χ0) is 13.0. The van der Waals surface area contributed by atoms with Gasteiger partial charge in [0.2, 0.25) is 5.91 Å². The van der Waals surface area contributed by atoms with E-state index in [2.05, 4.69) is 5.32 Å². The zero-order valence-electron chi connectivity index (χ0n) is 8.83. The van der Waals surface area contributed by atoms with E-state index in [9.17, 15) is 9.59 Å². The van der Waals surface area contributed by atoms with Crippen LogP contribution in [0.3, 0.4) is 0 Å². The monoisotopic (exact) mass is 273 g/mol. The Hall–Kier alpha value is -1.52. The number of rotatable bonds is 3. The van der Waals surface area contributed by atoms with Crippen molar-refractivity contribution in [3.63, 3.8) is 0 Å². The standard InChI is InChI=1S/C11H9Cl2NO3/c1-6(15)14-10(11(16)17)5-7-8(12)3-2-4-9(7)13/h2-5H,1H3,(H,14,15)(H,16,17). The van der Waals surface area contributed by atoms with Crippen molar-refractivity contribution in [2.24, 2.45) is 0 Å². The van der Waals surface area contributed by atoms with Gasteiger partial charge in [0.1, 0.15) is 5.70 Å². The van der Waals surface area contributed by atoms with Crippen molar-refractivity contribution in [1.82, 2.24) is 5.32 Å². The highest BCUT2D eigenvalue weighted by Crippen LogP contribution is 2.26. The molecule has 0 saturated carbocycles. The Labute approximate surface area is 108 Å². The van der Waals surface area contributed by atoms with Crippen LogP contribution >= 0.6 is 23.2 Å². The van der Waals surface area contributed by atoms with Crippen molar-refractivity contribution in [3.8, 4) is 0 Å². The van der Waals surface area contributed by atoms with Gasteiger partial charge in [-0.1, -0.05) is 29.3 Å². The predicted molar refractivity (Wildman–Crippen MR) is 65.9 cm³/mol. The number of hydrogen-bond donors (Lipinski definition) is 2. The van der Waals surface area contributed by atoms with E-state index in [1.165, 1.54) is 13.0 Å². The number of carboxylic acid groups (broad SMARTS) is 1. The largest absolute Gasteiger partial charge is 0.477 e. The molecule has 1 aromatic carbocycles. The number of carbonyl (C=O) groups is 2. The van der Waals surface area contributed by atoms with Gasteiger partial charge in [-0.25, -0.2) is 4.79 Å². The molecule has 0 saturated heterocycles. The van der Waals surface area contributed by atoms with Crippen LogP contribution in [0.25, 0.3) is 6.08 Å². The van der Waals surface area contributed by atoms with Gasteiger partial charge in [-0.05, 0) is 18.2 Å². The lowest BCUT2D eigenvalue weighted by atomic mass is 10.2. The maximum atomic E-state index is 10.9. The maximum absolute atomic E-state index is 10.9. The van der Waals surface area contributed by atoms with Gasteiger partial charge < -0.3 is 10.4 Å². The van der Waals surface area contributed by atoms with E-state index in [4.69, 9.17) is 28.3 Å². The van der Waals surface area contributed by atoms with Crippen molar-refractivity contribution >= 4 is 41.2 Å². The third-order valence-electron chi connectivity index (χ3n) is 1.83. The minimum absolute atomic E-state index is 0.285. The molecule has 0 aromatic heterocycles. The minimum Gasteiger partial charge on any atom is -0.477 e. The third-order valence-corrected chi connectivity index (χ3v) is 2.49. The van der Waals surface area contributed by atoms with Gasteiger partial charge in [0.25, 0.3) is 0 Å². The average Bonchev–Trinajstić information content (AvgIpc) is 2.21. The summed E-state index contributed by atoms with van der Waals surface area (Å²) >= 11 is 11.8. The number of nitrogens with one attached hydrogen (secondary N) is 1. The Morgan fingerprint density at radius 3 is 2.24 bits per heavy atom. The number of carbonyl (C=O) groups excluding carboxylic acids is 1. The number of aliphatic carboxylic acids is 1. The molecule has 1 aromatic rings. The van der Waals surface area contributed by atoms with E-state index in [0.717, 1.165) is 0 Å². The Morgan fingerprint density at radius 1 is 1.29 bits per heavy atom. The van der Waals surface area contributed by atoms with Crippen LogP contribution in [0.2, 0.25) is 10.0 Å². The van der Waals surface area contributed by atoms with Crippen molar-refractivity contribution in [1.29, 1.82) is 0 Å². The molecule has 1 rings (SSSR count). The Kier molecular flexibility index (Phi) is 4.54. The van der Waals surface area contributed by atoms with Crippen molar-refractivity contribution in [2.75, 3.05) is 0 Å². The zero-order valence-corrected chi connectivity index (χ0v) is 10.3. The van der Waals surface area contributed by atoms with E-state index in [1.54, 1.807) is 18.2 Å². The fraction of sp³-hybridized carbons (Fsp3) is 0.0909. The normalized spacial score (nSPS) is 11.1. The first-order chi connectivity index (χ1) is 7.91. The number of hydrogen-bond acceptors (Lipinski definition) is 2. The Bertz CT molecular complexity index is 477. The fourth-order valence-electron chi connectivity index (χ4n) is 1.13. The molecule has 0 heterocycles. The lowest BCUT2D eigenvalue weighted by molar-refractivity contribution is -0.134. The first-order valence-electron chi connectivity index (χ1n) is 4.58. The first-order valence-corrected chi connectivity index (χ1v) is 5.34. The molecule has 0 aliphatic heterocycles. The van der Waals surface area contributed by atoms with Crippen LogP contribution in [0, 0.1) is 0 Å². The predicted octanol–water partition coefficient (Wildman–Crippen LogP) is 2.56. The van der Waals surface area contributed by atoms with Crippen LogP contribution in [-0.4, -0.2) is 17.0 Å². The molecule has 2 N–H and O–H groups in total. The molecule has 0 aliphatic rings. The minimum atomic E-state index is -1.27. The smallest absolute Gasteiger partial charge is 0.352 e. The lowest BCUT2D eigenvalue weighted by Gasteiger charge is -2.05. The number of benzene rings is 1. The van der Waals surface area contributed by atoms with Gasteiger partial charge in [-0.15, -0.1) is 0 Å². The van der Waals surface area contributed by atoms with Crippen molar-refractivity contribution in [3.05, 3.63) is 39.5 Å². The van der Waals surface area contributed by atoms with E-state index < -0.39 is 11.9 Å². The summed E-state index contributed by atoms with van der Waals surface area (Å²) in [5, 5.41) is 11.7. The summed E-state index contributed by atoms with van der Waals surface area (Å²) in [5.74, 6) is -1.75. The van der Waals surface area contributed by atoms with E-state index in [1.807, 2.05) is 0 Å². The molecule has 0 atom stereocenters. The molecular weight excluding hydrogens is 265 g/mol. The second kappa shape index (κ2) is 5.70. The van der Waals surface area contributed by atoms with Gasteiger partial charge in [0, 0.05) is 22.5 Å². The molecule has 0 fully saturated rings. The van der Waals surface area contributed by atoms with Crippen molar-refractivity contribution < 1.29 is 14.7 Å². The van der Waals surface area contributed by atoms with Gasteiger partial charge in [-0.3, -0.25) is 4.79 Å². The molecular formula is C11H9Cl2NO3. The van der Waals surface area contributed by atoms with E-state index in [0.29, 0.717) is 15.6 Å². The first kappa shape index (κ1) is 13.5. The molecule has 6 heteroatoms. The van der Waals surface area contributed by atoms with Crippen LogP contribution in [0.15, 0.2) is 23.9 Å². The van der Waals surface area contributed by atoms with Crippen LogP contribution in [0.4, 0.5) is 0 Å². The molecule has 0 radical (unpaired) electrons. The fourth-order valence-corrected chi connectivity index (χ4v) is 1.64. The summed E-state index contributed by atoms with van der Waals surface area (Å²) < 4.78 is 0. The lowest BCUT2D eigenvalue weighted by Crippen LogP contribution is -2.24. The summed E-state index contributed by atoms with van der Waals surface area (Å²) in [4.78, 5) is 21.7. The van der Waals surface area contributed by atoms with Gasteiger partial charge in [0.15, 0.2) is 0 Å². The summed E-state index contributed by atoms with van der Waals surface area (Å²) in [6.07, 6.45) is 1.22. The van der Waals surface area contributed by atoms with Gasteiger partial charge in [0.05, 0.1) is 0 Å². The molecule has 17 heavy (non-hydrogen) atoms. The van der Waals surface area contributed by atoms with Crippen molar-refractivity contribution in [2.45, 2.75) is 6.92 Å². The molecule has 1 amide bonds. The molecule has 0 aliphatic carbocycles. The summed E-state index contributed by atoms with van der Waals surface area (Å²) in [5.41, 5.74) is 0.0643. The highest BCUT2D eigenvalue weighted by Gasteiger charge is 2.11. The number of amides is 1. The average molecular weight is 274 g/mol. The Balaban J connectivity index is 3.21. The number of carboxylic acids is 1. The van der Waals surface area contributed by atoms with Crippen LogP contribution in [-0.2, 0) is 9.59 Å². The topological polar surface area (TPSA) is 66.4 Å². The molecule has 0 bridgehead atoms. The highest BCUT2D eigenvalue weighted by molar-refractivity contribution is 6.37. The molecule has 0 unspecified atom stereocenters. The summed E-state index contributed by atoms with van der Waals surface area (Å²) in [7, 11) is 0. The van der Waals surface area contributed by atoms with Crippen LogP contribution in [0.1, 0.15) is 12.5 Å². The van der Waals surface area contributed by atoms with Crippen LogP contribution in [0.5, 0.6) is 0 Å². The highest BCUT2D eigenvalue weighted by atomic mass is 35.5. The summed E-state index contributed by atoms with van der Waals surface area (Å²) in [6.45, 7) is 1.21. The molecule has 4 nitrogen and oxygen atoms in total. The van der Waals surface area contributed by atoms with E-state index in [-0.39, 0.29) is 5.70 Å². The quantitative estimate of drug-likeness (QED) is 0.832. The Morgan fingerprint density at radius 2 is 1.82 bits per heavy atom. The van der Waals surface area contributed by atoms with Gasteiger partial charge in [-0.2, -0.15) is 0 Å². The molecule has 90 valence electrons. The second-order valence-corrected chi connectivity index (χ2v) is 3.99. The summed E-state index contributed by atoms with van der Waals surface area (Å²) in [6, 6.07) is 4.79. The van der Waals surface area contributed by atoms with E-state index >= 15 is 0 Å². The third kappa shape index (κ3) is 3.76. The molecule has 0 spiro atoms. The number of halogens is 2.